The summed E-state index contributed by atoms with van der Waals surface area (Å²) in [6, 6.07) is 14.0. The zero-order chi connectivity index (χ0) is 13.7. The summed E-state index contributed by atoms with van der Waals surface area (Å²) >= 11 is 5.73. The van der Waals surface area contributed by atoms with E-state index in [-0.39, 0.29) is 11.9 Å². The minimum atomic E-state index is -0.0253. The van der Waals surface area contributed by atoms with Gasteiger partial charge in [-0.05, 0) is 35.7 Å². The van der Waals surface area contributed by atoms with Crippen molar-refractivity contribution in [1.82, 2.24) is 5.32 Å². The molecule has 0 saturated heterocycles. The molecule has 0 spiro atoms. The van der Waals surface area contributed by atoms with Crippen LogP contribution >= 0.6 is 11.6 Å². The van der Waals surface area contributed by atoms with Crippen molar-refractivity contribution in [2.45, 2.75) is 25.8 Å². The molecule has 2 rings (SSSR count). The van der Waals surface area contributed by atoms with Gasteiger partial charge in [-0.25, -0.2) is 0 Å². The van der Waals surface area contributed by atoms with Crippen molar-refractivity contribution >= 4 is 28.3 Å². The highest BCUT2D eigenvalue weighted by Crippen LogP contribution is 2.16. The molecule has 0 aliphatic heterocycles. The summed E-state index contributed by atoms with van der Waals surface area (Å²) in [7, 11) is 0. The van der Waals surface area contributed by atoms with Gasteiger partial charge in [0.1, 0.15) is 0 Å². The van der Waals surface area contributed by atoms with Crippen molar-refractivity contribution in [3.63, 3.8) is 0 Å². The number of amides is 1. The molecule has 0 aromatic heterocycles. The lowest BCUT2D eigenvalue weighted by Gasteiger charge is -2.15. The molecule has 1 atom stereocenters. The molecule has 1 unspecified atom stereocenters. The van der Waals surface area contributed by atoms with Crippen LogP contribution in [-0.4, -0.2) is 17.8 Å². The van der Waals surface area contributed by atoms with Gasteiger partial charge in [0.25, 0.3) is 5.91 Å². The van der Waals surface area contributed by atoms with Gasteiger partial charge in [-0.3, -0.25) is 4.79 Å². The van der Waals surface area contributed by atoms with Gasteiger partial charge in [-0.1, -0.05) is 37.3 Å². The first-order valence-corrected chi connectivity index (χ1v) is 7.13. The first-order chi connectivity index (χ1) is 9.24. The van der Waals surface area contributed by atoms with E-state index in [1.165, 1.54) is 0 Å². The van der Waals surface area contributed by atoms with Crippen molar-refractivity contribution < 1.29 is 4.79 Å². The Morgan fingerprint density at radius 1 is 1.21 bits per heavy atom. The van der Waals surface area contributed by atoms with Crippen LogP contribution in [0.2, 0.25) is 0 Å². The predicted octanol–water partition coefficient (Wildman–Crippen LogP) is 3.98. The monoisotopic (exact) mass is 275 g/mol. The van der Waals surface area contributed by atoms with Gasteiger partial charge >= 0.3 is 0 Å². The van der Waals surface area contributed by atoms with Crippen molar-refractivity contribution in [2.75, 3.05) is 5.88 Å². The molecule has 0 fully saturated rings. The summed E-state index contributed by atoms with van der Waals surface area (Å²) in [5, 5.41) is 5.25. The number of rotatable bonds is 5. The van der Waals surface area contributed by atoms with Gasteiger partial charge in [0.2, 0.25) is 0 Å². The van der Waals surface area contributed by atoms with E-state index in [9.17, 15) is 4.79 Å². The van der Waals surface area contributed by atoms with E-state index in [0.29, 0.717) is 11.4 Å². The average molecular weight is 276 g/mol. The van der Waals surface area contributed by atoms with Gasteiger partial charge in [-0.15, -0.1) is 11.6 Å². The fourth-order valence-electron chi connectivity index (χ4n) is 2.11. The number of hydrogen-bond acceptors (Lipinski definition) is 1. The van der Waals surface area contributed by atoms with E-state index in [1.807, 2.05) is 42.5 Å². The molecule has 0 radical (unpaired) electrons. The minimum Gasteiger partial charge on any atom is -0.349 e. The van der Waals surface area contributed by atoms with Crippen LogP contribution in [0.4, 0.5) is 0 Å². The fraction of sp³-hybridized carbons (Fsp3) is 0.312. The number of fused-ring (bicyclic) bond motifs is 1. The summed E-state index contributed by atoms with van der Waals surface area (Å²) < 4.78 is 0. The Balaban J connectivity index is 2.16. The Morgan fingerprint density at radius 2 is 1.95 bits per heavy atom. The molecule has 3 heteroatoms. The van der Waals surface area contributed by atoms with Crippen molar-refractivity contribution in [3.8, 4) is 0 Å². The third-order valence-corrected chi connectivity index (χ3v) is 3.52. The Bertz CT molecular complexity index is 567. The van der Waals surface area contributed by atoms with Crippen LogP contribution in [-0.2, 0) is 0 Å². The topological polar surface area (TPSA) is 29.1 Å². The Hall–Kier alpha value is -1.54. The third-order valence-electron chi connectivity index (χ3n) is 3.30. The second-order valence-corrected chi connectivity index (χ2v) is 5.00. The van der Waals surface area contributed by atoms with Gasteiger partial charge in [0.05, 0.1) is 0 Å². The quantitative estimate of drug-likeness (QED) is 0.822. The molecule has 2 aromatic carbocycles. The summed E-state index contributed by atoms with van der Waals surface area (Å²) in [5.41, 5.74) is 0.701. The van der Waals surface area contributed by atoms with E-state index in [2.05, 4.69) is 12.2 Å². The molecule has 2 nitrogen and oxygen atoms in total. The molecule has 0 saturated carbocycles. The molecule has 0 heterocycles. The van der Waals surface area contributed by atoms with Crippen LogP contribution in [0.15, 0.2) is 42.5 Å². The first-order valence-electron chi connectivity index (χ1n) is 6.60. The van der Waals surface area contributed by atoms with Crippen molar-refractivity contribution in [2.24, 2.45) is 0 Å². The third kappa shape index (κ3) is 3.48. The van der Waals surface area contributed by atoms with Gasteiger partial charge in [0.15, 0.2) is 0 Å². The largest absolute Gasteiger partial charge is 0.349 e. The standard InChI is InChI=1S/C16H18ClNO/c1-2-15(9-10-17)18-16(19)14-8-7-12-5-3-4-6-13(12)11-14/h3-8,11,15H,2,9-10H2,1H3,(H,18,19). The number of carbonyl (C=O) groups excluding carboxylic acids is 1. The summed E-state index contributed by atoms with van der Waals surface area (Å²) in [6.07, 6.45) is 1.70. The lowest BCUT2D eigenvalue weighted by molar-refractivity contribution is 0.0935. The lowest BCUT2D eigenvalue weighted by Crippen LogP contribution is -2.34. The van der Waals surface area contributed by atoms with Crippen LogP contribution in [0.25, 0.3) is 10.8 Å². The summed E-state index contributed by atoms with van der Waals surface area (Å²) in [6.45, 7) is 2.05. The van der Waals surface area contributed by atoms with E-state index in [0.717, 1.165) is 23.6 Å². The van der Waals surface area contributed by atoms with E-state index < -0.39 is 0 Å². The van der Waals surface area contributed by atoms with Crippen LogP contribution in [0.5, 0.6) is 0 Å². The van der Waals surface area contributed by atoms with Crippen LogP contribution in [0, 0.1) is 0 Å². The van der Waals surface area contributed by atoms with E-state index in [4.69, 9.17) is 11.6 Å². The van der Waals surface area contributed by atoms with E-state index >= 15 is 0 Å². The van der Waals surface area contributed by atoms with E-state index in [1.54, 1.807) is 0 Å². The molecule has 1 N–H and O–H groups in total. The molecule has 100 valence electrons. The Kier molecular flexibility index (Phi) is 4.80. The average Bonchev–Trinajstić information content (AvgIpc) is 2.46. The number of hydrogen-bond donors (Lipinski definition) is 1. The number of benzene rings is 2. The van der Waals surface area contributed by atoms with Crippen LogP contribution < -0.4 is 5.32 Å². The van der Waals surface area contributed by atoms with Gasteiger partial charge in [0, 0.05) is 17.5 Å². The Morgan fingerprint density at radius 3 is 2.63 bits per heavy atom. The second-order valence-electron chi connectivity index (χ2n) is 4.62. The smallest absolute Gasteiger partial charge is 0.251 e. The van der Waals surface area contributed by atoms with Gasteiger partial charge in [-0.2, -0.15) is 0 Å². The summed E-state index contributed by atoms with van der Waals surface area (Å²) in [5.74, 6) is 0.541. The van der Waals surface area contributed by atoms with Crippen molar-refractivity contribution in [1.29, 1.82) is 0 Å². The molecule has 0 aliphatic rings. The highest BCUT2D eigenvalue weighted by Gasteiger charge is 2.11. The normalized spacial score (nSPS) is 12.3. The maximum absolute atomic E-state index is 12.2. The number of nitrogens with one attached hydrogen (secondary N) is 1. The molecule has 0 aliphatic carbocycles. The van der Waals surface area contributed by atoms with Gasteiger partial charge < -0.3 is 5.32 Å². The number of alkyl halides is 1. The number of carbonyl (C=O) groups is 1. The maximum atomic E-state index is 12.2. The molecule has 2 aromatic rings. The fourth-order valence-corrected chi connectivity index (χ4v) is 2.37. The maximum Gasteiger partial charge on any atom is 0.251 e. The number of halogens is 1. The zero-order valence-corrected chi connectivity index (χ0v) is 11.8. The molecule has 19 heavy (non-hydrogen) atoms. The van der Waals surface area contributed by atoms with Crippen LogP contribution in [0.3, 0.4) is 0 Å². The SMILES string of the molecule is CCC(CCCl)NC(=O)c1ccc2ccccc2c1. The molecular weight excluding hydrogens is 258 g/mol. The van der Waals surface area contributed by atoms with Crippen LogP contribution in [0.1, 0.15) is 30.1 Å². The Labute approximate surface area is 118 Å². The highest BCUT2D eigenvalue weighted by molar-refractivity contribution is 6.17. The predicted molar refractivity (Wildman–Crippen MR) is 80.8 cm³/mol. The second kappa shape index (κ2) is 6.58. The minimum absolute atomic E-state index is 0.0253. The lowest BCUT2D eigenvalue weighted by atomic mass is 10.1. The molecular formula is C16H18ClNO. The molecule has 0 bridgehead atoms. The molecule has 1 amide bonds. The highest BCUT2D eigenvalue weighted by atomic mass is 35.5. The summed E-state index contributed by atoms with van der Waals surface area (Å²) in [4.78, 5) is 12.2. The first kappa shape index (κ1) is 13.9. The van der Waals surface area contributed by atoms with Crippen molar-refractivity contribution in [3.05, 3.63) is 48.0 Å². The zero-order valence-electron chi connectivity index (χ0n) is 11.0.